The van der Waals surface area contributed by atoms with Gasteiger partial charge in [-0.2, -0.15) is 0 Å². The van der Waals surface area contributed by atoms with Crippen molar-refractivity contribution in [1.29, 1.82) is 0 Å². The Morgan fingerprint density at radius 2 is 1.83 bits per heavy atom. The number of methoxy groups -OCH3 is 1. The number of nitrogens with zero attached hydrogens (tertiary/aromatic N) is 2. The van der Waals surface area contributed by atoms with E-state index in [9.17, 15) is 0 Å². The highest BCUT2D eigenvalue weighted by molar-refractivity contribution is 5.62. The van der Waals surface area contributed by atoms with Crippen molar-refractivity contribution in [2.45, 2.75) is 81.4 Å². The van der Waals surface area contributed by atoms with Gasteiger partial charge in [0.05, 0.1) is 7.11 Å². The van der Waals surface area contributed by atoms with Crippen molar-refractivity contribution in [3.8, 4) is 11.5 Å². The van der Waals surface area contributed by atoms with Gasteiger partial charge in [0.15, 0.2) is 11.5 Å². The van der Waals surface area contributed by atoms with Crippen molar-refractivity contribution in [1.82, 2.24) is 9.80 Å². The molecule has 5 atom stereocenters. The Labute approximate surface area is 215 Å². The smallest absolute Gasteiger partial charge is 0.165 e. The molecule has 0 aromatic heterocycles. The van der Waals surface area contributed by atoms with Gasteiger partial charge in [-0.25, -0.2) is 0 Å². The predicted octanol–water partition coefficient (Wildman–Crippen LogP) is 5.22. The summed E-state index contributed by atoms with van der Waals surface area (Å²) in [5.41, 5.74) is 5.12. The molecule has 36 heavy (non-hydrogen) atoms. The SMILES string of the molecule is COc1ccc2c3c1O[C@H]1[C@H]4CC[C@@]5(CCN4CCCc4ccccc4)[C@@H](C2)N(CC2CC2)CC[C@]315. The summed E-state index contributed by atoms with van der Waals surface area (Å²) >= 11 is 0. The highest BCUT2D eigenvalue weighted by Gasteiger charge is 2.74. The summed E-state index contributed by atoms with van der Waals surface area (Å²) in [6.45, 7) is 5.00. The van der Waals surface area contributed by atoms with Crippen LogP contribution in [0, 0.1) is 11.3 Å². The molecule has 4 heterocycles. The van der Waals surface area contributed by atoms with Gasteiger partial charge in [-0.1, -0.05) is 36.4 Å². The molecular weight excluding hydrogens is 444 g/mol. The van der Waals surface area contributed by atoms with Crippen LogP contribution in [0.1, 0.15) is 61.6 Å². The number of piperidine rings is 1. The van der Waals surface area contributed by atoms with Crippen molar-refractivity contribution in [2.75, 3.05) is 33.3 Å². The van der Waals surface area contributed by atoms with Crippen LogP contribution in [0.5, 0.6) is 11.5 Å². The van der Waals surface area contributed by atoms with E-state index in [2.05, 4.69) is 52.3 Å². The van der Waals surface area contributed by atoms with E-state index in [4.69, 9.17) is 9.47 Å². The normalized spacial score (nSPS) is 36.3. The van der Waals surface area contributed by atoms with Gasteiger partial charge in [0.1, 0.15) is 6.10 Å². The van der Waals surface area contributed by atoms with Crippen molar-refractivity contribution in [2.24, 2.45) is 11.3 Å². The lowest BCUT2D eigenvalue weighted by Gasteiger charge is -2.66. The fourth-order valence-corrected chi connectivity index (χ4v) is 9.63. The molecule has 0 unspecified atom stereocenters. The summed E-state index contributed by atoms with van der Waals surface area (Å²) in [5, 5.41) is 0. The number of ether oxygens (including phenoxy) is 2. The van der Waals surface area contributed by atoms with Crippen molar-refractivity contribution >= 4 is 0 Å². The fourth-order valence-electron chi connectivity index (χ4n) is 9.63. The molecule has 0 radical (unpaired) electrons. The van der Waals surface area contributed by atoms with Gasteiger partial charge in [-0.05, 0) is 101 Å². The maximum absolute atomic E-state index is 7.15. The van der Waals surface area contributed by atoms with Crippen LogP contribution < -0.4 is 9.47 Å². The second-order valence-electron chi connectivity index (χ2n) is 12.7. The molecule has 190 valence electrons. The number of hydrogen-bond acceptors (Lipinski definition) is 4. The standard InChI is InChI=1S/C32H40N2O2/c1-35-26-12-11-24-20-27-31-14-13-25(33(18-15-31)17-5-8-22-6-3-2-4-7-22)30-32(31,28(24)29(26)36-30)16-19-34(27)21-23-9-10-23/h2-4,6-7,11-12,23,25,27,30H,5,8-10,13-21H2,1H3/t25-,27-,30+,31-,32+/m1/s1. The Bertz CT molecular complexity index is 1160. The third-order valence-electron chi connectivity index (χ3n) is 11.3. The van der Waals surface area contributed by atoms with E-state index in [1.165, 1.54) is 89.5 Å². The first-order valence-corrected chi connectivity index (χ1v) is 14.6. The second-order valence-corrected chi connectivity index (χ2v) is 12.7. The maximum atomic E-state index is 7.15. The van der Waals surface area contributed by atoms with Gasteiger partial charge < -0.3 is 9.47 Å². The molecular formula is C32H40N2O2. The number of fused-ring (bicyclic) bond motifs is 3. The van der Waals surface area contributed by atoms with Crippen LogP contribution in [-0.4, -0.2) is 61.3 Å². The number of rotatable bonds is 7. The molecule has 0 N–H and O–H groups in total. The molecule has 4 aliphatic heterocycles. The molecule has 4 bridgehead atoms. The van der Waals surface area contributed by atoms with Gasteiger partial charge in [0.2, 0.25) is 0 Å². The lowest BCUT2D eigenvalue weighted by atomic mass is 9.42. The van der Waals surface area contributed by atoms with Crippen LogP contribution in [0.2, 0.25) is 0 Å². The summed E-state index contributed by atoms with van der Waals surface area (Å²) in [5.74, 6) is 3.02. The molecule has 4 nitrogen and oxygen atoms in total. The molecule has 3 aliphatic carbocycles. The molecule has 5 fully saturated rings. The van der Waals surface area contributed by atoms with Gasteiger partial charge in [0, 0.05) is 35.0 Å². The lowest BCUT2D eigenvalue weighted by molar-refractivity contribution is -0.130. The minimum atomic E-state index is 0.173. The van der Waals surface area contributed by atoms with E-state index in [0.29, 0.717) is 17.5 Å². The first-order chi connectivity index (χ1) is 17.7. The Kier molecular flexibility index (Phi) is 4.87. The summed E-state index contributed by atoms with van der Waals surface area (Å²) < 4.78 is 13.1. The van der Waals surface area contributed by atoms with Gasteiger partial charge in [0.25, 0.3) is 0 Å². The van der Waals surface area contributed by atoms with Crippen LogP contribution >= 0.6 is 0 Å². The number of likely N-dealkylation sites (tertiary alicyclic amines) is 1. The number of benzene rings is 2. The van der Waals surface area contributed by atoms with E-state index in [1.807, 2.05) is 7.11 Å². The van der Waals surface area contributed by atoms with E-state index in [-0.39, 0.29) is 11.5 Å². The fraction of sp³-hybridized carbons (Fsp3) is 0.625. The van der Waals surface area contributed by atoms with Crippen LogP contribution in [0.4, 0.5) is 0 Å². The van der Waals surface area contributed by atoms with Crippen LogP contribution in [-0.2, 0) is 18.3 Å². The first-order valence-electron chi connectivity index (χ1n) is 14.6. The van der Waals surface area contributed by atoms with E-state index in [0.717, 1.165) is 17.4 Å². The Hall–Kier alpha value is -2.04. The zero-order valence-corrected chi connectivity index (χ0v) is 21.8. The Balaban J connectivity index is 1.18. The quantitative estimate of drug-likeness (QED) is 0.538. The Morgan fingerprint density at radius 1 is 0.972 bits per heavy atom. The molecule has 2 spiro atoms. The molecule has 2 aromatic carbocycles. The topological polar surface area (TPSA) is 24.9 Å². The van der Waals surface area contributed by atoms with Crippen molar-refractivity contribution in [3.63, 3.8) is 0 Å². The Morgan fingerprint density at radius 3 is 2.67 bits per heavy atom. The van der Waals surface area contributed by atoms with E-state index < -0.39 is 0 Å². The molecule has 9 rings (SSSR count). The lowest BCUT2D eigenvalue weighted by Crippen LogP contribution is -2.72. The molecule has 7 aliphatic rings. The second kappa shape index (κ2) is 7.98. The van der Waals surface area contributed by atoms with Gasteiger partial charge in [-0.3, -0.25) is 9.80 Å². The van der Waals surface area contributed by atoms with E-state index in [1.54, 1.807) is 11.1 Å². The molecule has 2 aromatic rings. The van der Waals surface area contributed by atoms with Crippen LogP contribution in [0.3, 0.4) is 0 Å². The first kappa shape index (κ1) is 22.0. The average Bonchev–Trinajstić information content (AvgIpc) is 3.70. The summed E-state index contributed by atoms with van der Waals surface area (Å²) in [4.78, 5) is 5.81. The highest BCUT2D eigenvalue weighted by atomic mass is 16.5. The minimum Gasteiger partial charge on any atom is -0.493 e. The largest absolute Gasteiger partial charge is 0.493 e. The van der Waals surface area contributed by atoms with Crippen molar-refractivity contribution in [3.05, 3.63) is 59.2 Å². The highest BCUT2D eigenvalue weighted by Crippen LogP contribution is 2.71. The summed E-state index contributed by atoms with van der Waals surface area (Å²) in [7, 11) is 1.82. The predicted molar refractivity (Wildman–Crippen MR) is 142 cm³/mol. The summed E-state index contributed by atoms with van der Waals surface area (Å²) in [6.07, 6.45) is 12.0. The molecule has 2 saturated carbocycles. The van der Waals surface area contributed by atoms with Crippen LogP contribution in [0.25, 0.3) is 0 Å². The van der Waals surface area contributed by atoms with E-state index >= 15 is 0 Å². The van der Waals surface area contributed by atoms with Gasteiger partial charge >= 0.3 is 0 Å². The minimum absolute atomic E-state index is 0.173. The number of aryl methyl sites for hydroxylation is 1. The molecule has 4 heteroatoms. The number of hydrogen-bond donors (Lipinski definition) is 0. The molecule has 3 saturated heterocycles. The van der Waals surface area contributed by atoms with Crippen molar-refractivity contribution < 1.29 is 9.47 Å². The molecule has 0 amide bonds. The maximum Gasteiger partial charge on any atom is 0.165 e. The average molecular weight is 485 g/mol. The van der Waals surface area contributed by atoms with Crippen LogP contribution in [0.15, 0.2) is 42.5 Å². The third kappa shape index (κ3) is 2.89. The zero-order valence-electron chi connectivity index (χ0n) is 21.8. The zero-order chi connectivity index (χ0) is 23.9. The summed E-state index contributed by atoms with van der Waals surface area (Å²) in [6, 6.07) is 16.8. The third-order valence-corrected chi connectivity index (χ3v) is 11.3. The van der Waals surface area contributed by atoms with Gasteiger partial charge in [-0.15, -0.1) is 0 Å². The monoisotopic (exact) mass is 484 g/mol.